The van der Waals surface area contributed by atoms with Crippen LogP contribution < -0.4 is 4.74 Å². The minimum Gasteiger partial charge on any atom is -0.504 e. The molecule has 0 aliphatic heterocycles. The largest absolute Gasteiger partial charge is 0.504 e. The van der Waals surface area contributed by atoms with Gasteiger partial charge in [-0.25, -0.2) is 0 Å². The maximum atomic E-state index is 14.2. The topological polar surface area (TPSA) is 46.5 Å². The van der Waals surface area contributed by atoms with Gasteiger partial charge in [0, 0.05) is 6.42 Å². The lowest BCUT2D eigenvalue weighted by Crippen LogP contribution is -2.06. The number of aromatic hydroxyl groups is 1. The number of halogens is 1. The fourth-order valence-corrected chi connectivity index (χ4v) is 3.59. The van der Waals surface area contributed by atoms with Crippen LogP contribution in [0.4, 0.5) is 4.39 Å². The molecule has 4 heteroatoms. The molecular formula is C27H29FO3. The summed E-state index contributed by atoms with van der Waals surface area (Å²) in [6.07, 6.45) is 4.25. The number of phenolic OH excluding ortho intramolecular Hbond substituents is 1. The third-order valence-corrected chi connectivity index (χ3v) is 5.33. The highest BCUT2D eigenvalue weighted by Gasteiger charge is 2.19. The summed E-state index contributed by atoms with van der Waals surface area (Å²) in [5.74, 6) is -1.94. The molecule has 0 saturated heterocycles. The Bertz CT molecular complexity index is 1010. The molecule has 0 aromatic heterocycles. The van der Waals surface area contributed by atoms with Crippen molar-refractivity contribution in [1.82, 2.24) is 0 Å². The molecule has 3 rings (SSSR count). The van der Waals surface area contributed by atoms with Gasteiger partial charge in [-0.3, -0.25) is 4.79 Å². The van der Waals surface area contributed by atoms with Gasteiger partial charge in [-0.2, -0.15) is 4.39 Å². The normalized spacial score (nSPS) is 10.8. The maximum Gasteiger partial charge on any atom is 0.207 e. The van der Waals surface area contributed by atoms with Crippen molar-refractivity contribution in [3.05, 3.63) is 94.3 Å². The molecule has 31 heavy (non-hydrogen) atoms. The van der Waals surface area contributed by atoms with E-state index in [4.69, 9.17) is 4.74 Å². The highest BCUT2D eigenvalue weighted by Crippen LogP contribution is 2.30. The molecule has 3 aromatic carbocycles. The SMILES string of the molecule is CCCc1ccc(CCc2ccc(CC(=O)c3ccc(OCC)c(F)c3O)cc2)cc1. The maximum absolute atomic E-state index is 14.2. The van der Waals surface area contributed by atoms with Crippen LogP contribution in [0.25, 0.3) is 0 Å². The average molecular weight is 421 g/mol. The van der Waals surface area contributed by atoms with Crippen molar-refractivity contribution in [3.8, 4) is 11.5 Å². The smallest absolute Gasteiger partial charge is 0.207 e. The first-order valence-electron chi connectivity index (χ1n) is 10.8. The molecule has 0 aliphatic rings. The summed E-state index contributed by atoms with van der Waals surface area (Å²) in [4.78, 5) is 12.6. The zero-order valence-electron chi connectivity index (χ0n) is 18.2. The Kier molecular flexibility index (Phi) is 7.82. The fraction of sp³-hybridized carbons (Fsp3) is 0.296. The molecule has 0 radical (unpaired) electrons. The van der Waals surface area contributed by atoms with Crippen LogP contribution in [0.15, 0.2) is 60.7 Å². The van der Waals surface area contributed by atoms with E-state index in [2.05, 4.69) is 31.2 Å². The molecule has 0 aliphatic carbocycles. The second kappa shape index (κ2) is 10.8. The predicted octanol–water partition coefficient (Wildman–Crippen LogP) is 6.09. The predicted molar refractivity (Wildman–Crippen MR) is 122 cm³/mol. The molecule has 3 nitrogen and oxygen atoms in total. The zero-order chi connectivity index (χ0) is 22.2. The number of hydrogen-bond acceptors (Lipinski definition) is 3. The van der Waals surface area contributed by atoms with Crippen molar-refractivity contribution in [2.24, 2.45) is 0 Å². The molecule has 3 aromatic rings. The lowest BCUT2D eigenvalue weighted by Gasteiger charge is -2.10. The molecule has 0 fully saturated rings. The van der Waals surface area contributed by atoms with Crippen LogP contribution in [0, 0.1) is 5.82 Å². The van der Waals surface area contributed by atoms with Gasteiger partial charge < -0.3 is 9.84 Å². The van der Waals surface area contributed by atoms with Gasteiger partial charge in [-0.1, -0.05) is 61.9 Å². The number of carbonyl (C=O) groups is 1. The molecule has 162 valence electrons. The first-order valence-corrected chi connectivity index (χ1v) is 10.8. The van der Waals surface area contributed by atoms with E-state index < -0.39 is 11.6 Å². The van der Waals surface area contributed by atoms with E-state index in [0.717, 1.165) is 31.2 Å². The quantitative estimate of drug-likeness (QED) is 0.404. The van der Waals surface area contributed by atoms with Gasteiger partial charge in [0.1, 0.15) is 0 Å². The molecule has 0 saturated carbocycles. The third kappa shape index (κ3) is 5.94. The van der Waals surface area contributed by atoms with Crippen LogP contribution in [0.1, 0.15) is 52.9 Å². The van der Waals surface area contributed by atoms with Gasteiger partial charge in [-0.15, -0.1) is 0 Å². The van der Waals surface area contributed by atoms with Crippen LogP contribution in [0.2, 0.25) is 0 Å². The number of benzene rings is 3. The van der Waals surface area contributed by atoms with Crippen LogP contribution in [0.5, 0.6) is 11.5 Å². The van der Waals surface area contributed by atoms with E-state index in [9.17, 15) is 14.3 Å². The van der Waals surface area contributed by atoms with E-state index >= 15 is 0 Å². The van der Waals surface area contributed by atoms with Crippen molar-refractivity contribution >= 4 is 5.78 Å². The molecule has 0 heterocycles. The summed E-state index contributed by atoms with van der Waals surface area (Å²) in [5.41, 5.74) is 4.68. The van der Waals surface area contributed by atoms with Crippen LogP contribution >= 0.6 is 0 Å². The Balaban J connectivity index is 1.59. The summed E-state index contributed by atoms with van der Waals surface area (Å²) >= 11 is 0. The molecule has 0 unspecified atom stereocenters. The van der Waals surface area contributed by atoms with Gasteiger partial charge in [0.05, 0.1) is 12.2 Å². The second-order valence-corrected chi connectivity index (χ2v) is 7.69. The molecular weight excluding hydrogens is 391 g/mol. The number of hydrogen-bond donors (Lipinski definition) is 1. The van der Waals surface area contributed by atoms with Gasteiger partial charge in [0.25, 0.3) is 0 Å². The Morgan fingerprint density at radius 1 is 0.806 bits per heavy atom. The molecule has 0 bridgehead atoms. The number of Topliss-reactive ketones (excluding diaryl/α,β-unsaturated/α-hetero) is 1. The van der Waals surface area contributed by atoms with Crippen LogP contribution in [-0.2, 0) is 25.7 Å². The summed E-state index contributed by atoms with van der Waals surface area (Å²) in [6, 6.07) is 19.5. The fourth-order valence-electron chi connectivity index (χ4n) is 3.59. The molecule has 1 N–H and O–H groups in total. The van der Waals surface area contributed by atoms with Crippen molar-refractivity contribution in [1.29, 1.82) is 0 Å². The monoisotopic (exact) mass is 420 g/mol. The third-order valence-electron chi connectivity index (χ3n) is 5.33. The van der Waals surface area contributed by atoms with Crippen molar-refractivity contribution in [2.45, 2.75) is 46.0 Å². The summed E-state index contributed by atoms with van der Waals surface area (Å²) in [6.45, 7) is 4.19. The van der Waals surface area contributed by atoms with Crippen LogP contribution in [0.3, 0.4) is 0 Å². The number of ether oxygens (including phenoxy) is 1. The molecule has 0 atom stereocenters. The van der Waals surface area contributed by atoms with Crippen LogP contribution in [-0.4, -0.2) is 17.5 Å². The Morgan fingerprint density at radius 2 is 1.32 bits per heavy atom. The van der Waals surface area contributed by atoms with Crippen molar-refractivity contribution in [3.63, 3.8) is 0 Å². The number of ketones is 1. The molecule has 0 spiro atoms. The summed E-state index contributed by atoms with van der Waals surface area (Å²) < 4.78 is 19.3. The van der Waals surface area contributed by atoms with Gasteiger partial charge in [0.2, 0.25) is 5.82 Å². The number of rotatable bonds is 10. The van der Waals surface area contributed by atoms with Gasteiger partial charge in [0.15, 0.2) is 17.3 Å². The van der Waals surface area contributed by atoms with E-state index in [-0.39, 0.29) is 30.1 Å². The Labute approximate surface area is 183 Å². The van der Waals surface area contributed by atoms with Gasteiger partial charge >= 0.3 is 0 Å². The second-order valence-electron chi connectivity index (χ2n) is 7.69. The van der Waals surface area contributed by atoms with E-state index in [1.807, 2.05) is 24.3 Å². The van der Waals surface area contributed by atoms with Crippen molar-refractivity contribution in [2.75, 3.05) is 6.61 Å². The standard InChI is InChI=1S/C27H29FO3/c1-3-5-19-6-8-20(9-7-19)10-11-21-12-14-22(15-13-21)18-24(29)23-16-17-25(31-4-2)26(28)27(23)30/h6-9,12-17,30H,3-5,10-11,18H2,1-2H3. The number of phenols is 1. The Morgan fingerprint density at radius 3 is 1.84 bits per heavy atom. The summed E-state index contributed by atoms with van der Waals surface area (Å²) in [5, 5.41) is 10.0. The Hall–Kier alpha value is -3.14. The average Bonchev–Trinajstić information content (AvgIpc) is 2.78. The van der Waals surface area contributed by atoms with E-state index in [0.29, 0.717) is 0 Å². The van der Waals surface area contributed by atoms with E-state index in [1.54, 1.807) is 6.92 Å². The lowest BCUT2D eigenvalue weighted by molar-refractivity contribution is 0.0989. The molecule has 0 amide bonds. The minimum absolute atomic E-state index is 0.0310. The highest BCUT2D eigenvalue weighted by atomic mass is 19.1. The lowest BCUT2D eigenvalue weighted by atomic mass is 9.98. The summed E-state index contributed by atoms with van der Waals surface area (Å²) in [7, 11) is 0. The number of carbonyl (C=O) groups excluding carboxylic acids is 1. The van der Waals surface area contributed by atoms with Gasteiger partial charge in [-0.05, 0) is 60.6 Å². The zero-order valence-corrected chi connectivity index (χ0v) is 18.2. The first kappa shape index (κ1) is 22.5. The number of aryl methyl sites for hydroxylation is 3. The van der Waals surface area contributed by atoms with E-state index in [1.165, 1.54) is 28.8 Å². The minimum atomic E-state index is -0.897. The highest BCUT2D eigenvalue weighted by molar-refractivity contribution is 6.00. The van der Waals surface area contributed by atoms with Crippen molar-refractivity contribution < 1.29 is 19.0 Å². The first-order chi connectivity index (χ1) is 15.0.